The normalized spacial score (nSPS) is 17.8. The highest BCUT2D eigenvalue weighted by atomic mass is 19.1. The largest absolute Gasteiger partial charge is 0.355 e. The van der Waals surface area contributed by atoms with Gasteiger partial charge in [0.25, 0.3) is 5.91 Å². The summed E-state index contributed by atoms with van der Waals surface area (Å²) >= 11 is 0. The smallest absolute Gasteiger partial charge is 0.275 e. The molecule has 10 heteroatoms. The van der Waals surface area contributed by atoms with Crippen molar-refractivity contribution in [3.63, 3.8) is 0 Å². The van der Waals surface area contributed by atoms with Crippen LogP contribution in [-0.2, 0) is 0 Å². The molecule has 0 unspecified atom stereocenters. The third-order valence-electron chi connectivity index (χ3n) is 5.47. The van der Waals surface area contributed by atoms with Crippen molar-refractivity contribution in [2.45, 2.75) is 13.1 Å². The summed E-state index contributed by atoms with van der Waals surface area (Å²) in [7, 11) is 0. The number of hydrogen-bond donors (Lipinski definition) is 1. The van der Waals surface area contributed by atoms with Crippen molar-refractivity contribution in [3.8, 4) is 0 Å². The average molecular weight is 413 g/mol. The Morgan fingerprint density at radius 3 is 2.70 bits per heavy atom. The summed E-state index contributed by atoms with van der Waals surface area (Å²) in [4.78, 5) is 29.3. The number of halogens is 2. The van der Waals surface area contributed by atoms with Gasteiger partial charge in [0.1, 0.15) is 17.7 Å². The summed E-state index contributed by atoms with van der Waals surface area (Å²) in [5, 5.41) is 2.64. The minimum Gasteiger partial charge on any atom is -0.355 e. The Labute approximate surface area is 171 Å². The van der Waals surface area contributed by atoms with Crippen molar-refractivity contribution in [1.29, 1.82) is 0 Å². The van der Waals surface area contributed by atoms with Crippen molar-refractivity contribution in [2.75, 3.05) is 42.9 Å². The zero-order valence-corrected chi connectivity index (χ0v) is 16.4. The summed E-state index contributed by atoms with van der Waals surface area (Å²) in [6, 6.07) is 1.23. The number of alkyl halides is 1. The van der Waals surface area contributed by atoms with Crippen LogP contribution in [0.15, 0.2) is 30.9 Å². The van der Waals surface area contributed by atoms with Crippen molar-refractivity contribution < 1.29 is 13.6 Å². The van der Waals surface area contributed by atoms with Crippen molar-refractivity contribution >= 4 is 23.1 Å². The van der Waals surface area contributed by atoms with Gasteiger partial charge in [-0.05, 0) is 6.92 Å². The van der Waals surface area contributed by atoms with Gasteiger partial charge in [-0.25, -0.2) is 23.7 Å². The van der Waals surface area contributed by atoms with E-state index in [0.717, 1.165) is 19.6 Å². The van der Waals surface area contributed by atoms with E-state index in [9.17, 15) is 13.6 Å². The third kappa shape index (κ3) is 3.58. The molecule has 30 heavy (non-hydrogen) atoms. The van der Waals surface area contributed by atoms with Gasteiger partial charge in [-0.3, -0.25) is 9.69 Å². The predicted molar refractivity (Wildman–Crippen MR) is 107 cm³/mol. The molecule has 0 spiro atoms. The number of rotatable bonds is 5. The number of amides is 1. The number of carbonyl (C=O) groups excluding carboxylic acids is 1. The summed E-state index contributed by atoms with van der Waals surface area (Å²) in [6.07, 6.45) is 5.59. The number of likely N-dealkylation sites (tertiary alicyclic amines) is 1. The molecule has 0 bridgehead atoms. The van der Waals surface area contributed by atoms with Crippen LogP contribution in [0.5, 0.6) is 0 Å². The van der Waals surface area contributed by atoms with Gasteiger partial charge in [-0.1, -0.05) is 0 Å². The average Bonchev–Trinajstić information content (AvgIpc) is 3.03. The fourth-order valence-corrected chi connectivity index (χ4v) is 3.94. The SMILES string of the molecule is Cc1cn2cc(NC(=O)c3cnc(N4CC(CN5CC(F)C5)C4)cn3)cc(F)c2n1. The number of nitrogens with zero attached hydrogens (tertiary/aromatic N) is 6. The Hall–Kier alpha value is -3.14. The van der Waals surface area contributed by atoms with Crippen molar-refractivity contribution in [1.82, 2.24) is 24.3 Å². The van der Waals surface area contributed by atoms with Crippen molar-refractivity contribution in [2.24, 2.45) is 5.92 Å². The van der Waals surface area contributed by atoms with Crippen LogP contribution < -0.4 is 10.2 Å². The molecule has 0 saturated carbocycles. The lowest BCUT2D eigenvalue weighted by Gasteiger charge is -2.45. The van der Waals surface area contributed by atoms with Crippen LogP contribution in [0, 0.1) is 18.7 Å². The fourth-order valence-electron chi connectivity index (χ4n) is 3.94. The van der Waals surface area contributed by atoms with Gasteiger partial charge in [0.2, 0.25) is 0 Å². The van der Waals surface area contributed by atoms with Gasteiger partial charge in [0, 0.05) is 57.1 Å². The molecular weight excluding hydrogens is 392 g/mol. The Balaban J connectivity index is 1.19. The number of imidazole rings is 1. The minimum atomic E-state index is -0.673. The van der Waals surface area contributed by atoms with Gasteiger partial charge in [-0.15, -0.1) is 0 Å². The zero-order valence-electron chi connectivity index (χ0n) is 16.4. The lowest BCUT2D eigenvalue weighted by Crippen LogP contribution is -2.57. The van der Waals surface area contributed by atoms with Gasteiger partial charge >= 0.3 is 0 Å². The van der Waals surface area contributed by atoms with E-state index in [1.807, 2.05) is 0 Å². The Kier molecular flexibility index (Phi) is 4.58. The molecule has 1 amide bonds. The molecule has 2 saturated heterocycles. The van der Waals surface area contributed by atoms with E-state index in [-0.39, 0.29) is 11.3 Å². The Bertz CT molecular complexity index is 1090. The number of nitrogens with one attached hydrogen (secondary N) is 1. The van der Waals surface area contributed by atoms with Crippen LogP contribution in [0.2, 0.25) is 0 Å². The maximum atomic E-state index is 14.2. The second-order valence-electron chi connectivity index (χ2n) is 7.99. The van der Waals surface area contributed by atoms with E-state index >= 15 is 0 Å². The Morgan fingerprint density at radius 1 is 1.20 bits per heavy atom. The number of aryl methyl sites for hydroxylation is 1. The van der Waals surface area contributed by atoms with E-state index in [1.165, 1.54) is 16.7 Å². The quantitative estimate of drug-likeness (QED) is 0.689. The molecular formula is C20H21F2N7O. The number of anilines is 2. The lowest BCUT2D eigenvalue weighted by atomic mass is 9.98. The molecule has 5 heterocycles. The number of pyridine rings is 1. The summed E-state index contributed by atoms with van der Waals surface area (Å²) in [5.41, 5.74) is 1.35. The van der Waals surface area contributed by atoms with Crippen molar-refractivity contribution in [3.05, 3.63) is 48.1 Å². The van der Waals surface area contributed by atoms with E-state index in [0.29, 0.717) is 36.2 Å². The van der Waals surface area contributed by atoms with Crippen LogP contribution >= 0.6 is 0 Å². The molecule has 0 aromatic carbocycles. The molecule has 5 rings (SSSR count). The first-order valence-corrected chi connectivity index (χ1v) is 9.84. The maximum absolute atomic E-state index is 14.2. The minimum absolute atomic E-state index is 0.146. The number of hydrogen-bond acceptors (Lipinski definition) is 6. The molecule has 0 radical (unpaired) electrons. The number of fused-ring (bicyclic) bond motifs is 1. The fraction of sp³-hybridized carbons (Fsp3) is 0.400. The van der Waals surface area contributed by atoms with E-state index in [2.05, 4.69) is 30.1 Å². The highest BCUT2D eigenvalue weighted by Gasteiger charge is 2.34. The van der Waals surface area contributed by atoms with E-state index in [4.69, 9.17) is 0 Å². The first-order valence-electron chi connectivity index (χ1n) is 9.84. The zero-order chi connectivity index (χ0) is 20.8. The van der Waals surface area contributed by atoms with Gasteiger partial charge in [-0.2, -0.15) is 0 Å². The highest BCUT2D eigenvalue weighted by molar-refractivity contribution is 6.02. The molecule has 0 aliphatic carbocycles. The Morgan fingerprint density at radius 2 is 2.00 bits per heavy atom. The summed E-state index contributed by atoms with van der Waals surface area (Å²) < 4.78 is 28.6. The van der Waals surface area contributed by atoms with Gasteiger partial charge in [0.05, 0.1) is 23.8 Å². The molecule has 8 nitrogen and oxygen atoms in total. The van der Waals surface area contributed by atoms with Crippen LogP contribution in [0.4, 0.5) is 20.3 Å². The highest BCUT2D eigenvalue weighted by Crippen LogP contribution is 2.25. The molecule has 2 aliphatic rings. The summed E-state index contributed by atoms with van der Waals surface area (Å²) in [6.45, 7) is 5.44. The van der Waals surface area contributed by atoms with E-state index < -0.39 is 17.9 Å². The monoisotopic (exact) mass is 413 g/mol. The second kappa shape index (κ2) is 7.28. The number of aromatic nitrogens is 4. The molecule has 2 fully saturated rings. The van der Waals surface area contributed by atoms with Crippen LogP contribution in [-0.4, -0.2) is 69.1 Å². The van der Waals surface area contributed by atoms with Gasteiger partial charge in [0.15, 0.2) is 11.5 Å². The third-order valence-corrected chi connectivity index (χ3v) is 5.47. The van der Waals surface area contributed by atoms with Gasteiger partial charge < -0.3 is 14.6 Å². The first-order chi connectivity index (χ1) is 14.4. The molecule has 1 N–H and O–H groups in total. The second-order valence-corrected chi connectivity index (χ2v) is 7.99. The number of carbonyl (C=O) groups is 1. The van der Waals surface area contributed by atoms with Crippen LogP contribution in [0.3, 0.4) is 0 Å². The predicted octanol–water partition coefficient (Wildman–Crippen LogP) is 1.91. The molecule has 2 aliphatic heterocycles. The molecule has 3 aromatic heterocycles. The molecule has 0 atom stereocenters. The summed E-state index contributed by atoms with van der Waals surface area (Å²) in [5.74, 6) is 0.217. The maximum Gasteiger partial charge on any atom is 0.275 e. The van der Waals surface area contributed by atoms with Crippen LogP contribution in [0.25, 0.3) is 5.65 Å². The standard InChI is InChI=1S/C20H21F2N7O/c1-12-5-29-11-15(2-16(22)19(29)25-12)26-20(30)17-3-24-18(4-23-17)28-7-13(8-28)6-27-9-14(21)10-27/h2-5,11,13-14H,6-10H2,1H3,(H,26,30). The van der Waals surface area contributed by atoms with Crippen LogP contribution in [0.1, 0.15) is 16.2 Å². The molecule has 156 valence electrons. The topological polar surface area (TPSA) is 78.7 Å². The lowest BCUT2D eigenvalue weighted by molar-refractivity contribution is 0.0473. The molecule has 3 aromatic rings. The first kappa shape index (κ1) is 18.9. The van der Waals surface area contributed by atoms with E-state index in [1.54, 1.807) is 25.5 Å².